The third-order valence-corrected chi connectivity index (χ3v) is 4.22. The smallest absolute Gasteiger partial charge is 0.251 e. The fourth-order valence-electron chi connectivity index (χ4n) is 2.04. The summed E-state index contributed by atoms with van der Waals surface area (Å²) < 4.78 is 6.19. The highest BCUT2D eigenvalue weighted by Crippen LogP contribution is 2.23. The van der Waals surface area contributed by atoms with Gasteiger partial charge in [0, 0.05) is 22.7 Å². The van der Waals surface area contributed by atoms with Crippen LogP contribution in [0.4, 0.5) is 0 Å². The predicted molar refractivity (Wildman–Crippen MR) is 75.1 cm³/mol. The van der Waals surface area contributed by atoms with E-state index in [0.717, 1.165) is 17.3 Å². The van der Waals surface area contributed by atoms with E-state index >= 15 is 0 Å². The molecule has 0 aliphatic carbocycles. The Hall–Kier alpha value is -0.580. The van der Waals surface area contributed by atoms with E-state index in [-0.39, 0.29) is 18.1 Å². The summed E-state index contributed by atoms with van der Waals surface area (Å²) in [5, 5.41) is 3.63. The molecule has 2 rings (SSSR count). The quantitative estimate of drug-likeness (QED) is 0.901. The van der Waals surface area contributed by atoms with Gasteiger partial charge in [-0.05, 0) is 53.9 Å². The first-order valence-corrected chi connectivity index (χ1v) is 7.11. The number of rotatable bonds is 2. The largest absolute Gasteiger partial charge is 0.378 e. The molecular formula is C13H15BrClNO2. The van der Waals surface area contributed by atoms with E-state index < -0.39 is 0 Å². The van der Waals surface area contributed by atoms with Crippen LogP contribution in [0.15, 0.2) is 22.7 Å². The number of hydrogen-bond donors (Lipinski definition) is 1. The van der Waals surface area contributed by atoms with Gasteiger partial charge in [-0.25, -0.2) is 0 Å². The number of carbonyl (C=O) groups excluding carboxylic acids is 1. The van der Waals surface area contributed by atoms with Gasteiger partial charge in [0.05, 0.1) is 11.1 Å². The van der Waals surface area contributed by atoms with Crippen molar-refractivity contribution in [1.29, 1.82) is 0 Å². The van der Waals surface area contributed by atoms with Gasteiger partial charge in [-0.15, -0.1) is 0 Å². The Bertz CT molecular complexity index is 453. The first kappa shape index (κ1) is 13.8. The fourth-order valence-corrected chi connectivity index (χ4v) is 2.53. The second kappa shape index (κ2) is 6.04. The fraction of sp³-hybridized carbons (Fsp3) is 0.462. The summed E-state index contributed by atoms with van der Waals surface area (Å²) in [7, 11) is 0. The highest BCUT2D eigenvalue weighted by atomic mass is 79.9. The van der Waals surface area contributed by atoms with E-state index in [0.29, 0.717) is 17.2 Å². The van der Waals surface area contributed by atoms with Gasteiger partial charge in [0.2, 0.25) is 0 Å². The van der Waals surface area contributed by atoms with Crippen molar-refractivity contribution in [2.75, 3.05) is 6.61 Å². The van der Waals surface area contributed by atoms with Crippen LogP contribution in [0.3, 0.4) is 0 Å². The molecule has 1 aromatic carbocycles. The summed E-state index contributed by atoms with van der Waals surface area (Å²) in [5.74, 6) is -0.0635. The average Bonchev–Trinajstić information content (AvgIpc) is 2.32. The van der Waals surface area contributed by atoms with Gasteiger partial charge in [-0.3, -0.25) is 4.79 Å². The zero-order valence-electron chi connectivity index (χ0n) is 10.1. The highest BCUT2D eigenvalue weighted by molar-refractivity contribution is 9.10. The Balaban J connectivity index is 2.00. The van der Waals surface area contributed by atoms with E-state index in [1.807, 2.05) is 6.92 Å². The van der Waals surface area contributed by atoms with Crippen molar-refractivity contribution < 1.29 is 9.53 Å². The van der Waals surface area contributed by atoms with Crippen molar-refractivity contribution in [2.45, 2.75) is 31.9 Å². The highest BCUT2D eigenvalue weighted by Gasteiger charge is 2.21. The number of amides is 1. The molecule has 2 atom stereocenters. The van der Waals surface area contributed by atoms with Crippen LogP contribution in [-0.2, 0) is 4.74 Å². The molecule has 1 N–H and O–H groups in total. The molecule has 1 fully saturated rings. The molecule has 1 aromatic rings. The Labute approximate surface area is 120 Å². The molecule has 18 heavy (non-hydrogen) atoms. The van der Waals surface area contributed by atoms with E-state index in [9.17, 15) is 4.79 Å². The number of nitrogens with one attached hydrogen (secondary N) is 1. The minimum absolute atomic E-state index is 0.0635. The number of benzene rings is 1. The van der Waals surface area contributed by atoms with Crippen molar-refractivity contribution in [3.05, 3.63) is 33.3 Å². The molecule has 98 valence electrons. The first-order valence-electron chi connectivity index (χ1n) is 5.94. The van der Waals surface area contributed by atoms with Gasteiger partial charge in [0.25, 0.3) is 5.91 Å². The van der Waals surface area contributed by atoms with Crippen molar-refractivity contribution in [2.24, 2.45) is 0 Å². The van der Waals surface area contributed by atoms with Crippen LogP contribution in [0.2, 0.25) is 5.02 Å². The van der Waals surface area contributed by atoms with Crippen LogP contribution in [0, 0.1) is 0 Å². The SMILES string of the molecule is CC1CC(NC(=O)c2ccc(Cl)c(Br)c2)CCO1. The molecule has 1 aliphatic heterocycles. The summed E-state index contributed by atoms with van der Waals surface area (Å²) >= 11 is 9.22. The van der Waals surface area contributed by atoms with Crippen molar-refractivity contribution in [3.63, 3.8) is 0 Å². The summed E-state index contributed by atoms with van der Waals surface area (Å²) in [6.07, 6.45) is 1.94. The monoisotopic (exact) mass is 331 g/mol. The number of halogens is 2. The summed E-state index contributed by atoms with van der Waals surface area (Å²) in [4.78, 5) is 12.1. The lowest BCUT2D eigenvalue weighted by Crippen LogP contribution is -2.41. The van der Waals surface area contributed by atoms with Gasteiger partial charge in [0.1, 0.15) is 0 Å². The van der Waals surface area contributed by atoms with Crippen LogP contribution in [0.1, 0.15) is 30.1 Å². The van der Waals surface area contributed by atoms with Gasteiger partial charge in [-0.2, -0.15) is 0 Å². The lowest BCUT2D eigenvalue weighted by atomic mass is 10.0. The van der Waals surface area contributed by atoms with Crippen LogP contribution in [-0.4, -0.2) is 24.7 Å². The van der Waals surface area contributed by atoms with E-state index in [2.05, 4.69) is 21.2 Å². The number of carbonyl (C=O) groups is 1. The van der Waals surface area contributed by atoms with E-state index in [1.165, 1.54) is 0 Å². The minimum Gasteiger partial charge on any atom is -0.378 e. The van der Waals surface area contributed by atoms with Crippen LogP contribution in [0.25, 0.3) is 0 Å². The molecule has 3 nitrogen and oxygen atoms in total. The van der Waals surface area contributed by atoms with Crippen molar-refractivity contribution in [3.8, 4) is 0 Å². The molecule has 5 heteroatoms. The molecule has 1 heterocycles. The maximum atomic E-state index is 12.1. The Morgan fingerprint density at radius 1 is 1.56 bits per heavy atom. The normalized spacial score (nSPS) is 23.7. The molecule has 1 saturated heterocycles. The third-order valence-electron chi connectivity index (χ3n) is 3.00. The van der Waals surface area contributed by atoms with Crippen LogP contribution in [0.5, 0.6) is 0 Å². The molecular weight excluding hydrogens is 318 g/mol. The van der Waals surface area contributed by atoms with Crippen molar-refractivity contribution >= 4 is 33.4 Å². The molecule has 0 spiro atoms. The maximum Gasteiger partial charge on any atom is 0.251 e. The second-order valence-corrected chi connectivity index (χ2v) is 5.77. The molecule has 0 aromatic heterocycles. The van der Waals surface area contributed by atoms with E-state index in [1.54, 1.807) is 18.2 Å². The molecule has 0 radical (unpaired) electrons. The molecule has 1 amide bonds. The van der Waals surface area contributed by atoms with E-state index in [4.69, 9.17) is 16.3 Å². The molecule has 0 bridgehead atoms. The minimum atomic E-state index is -0.0635. The summed E-state index contributed by atoms with van der Waals surface area (Å²) in [5.41, 5.74) is 0.616. The molecule has 1 aliphatic rings. The lowest BCUT2D eigenvalue weighted by Gasteiger charge is -2.27. The summed E-state index contributed by atoms with van der Waals surface area (Å²) in [6.45, 7) is 2.73. The zero-order valence-corrected chi connectivity index (χ0v) is 12.4. The second-order valence-electron chi connectivity index (χ2n) is 4.51. The van der Waals surface area contributed by atoms with Crippen LogP contribution < -0.4 is 5.32 Å². The molecule has 0 saturated carbocycles. The maximum absolute atomic E-state index is 12.1. The van der Waals surface area contributed by atoms with Gasteiger partial charge in [-0.1, -0.05) is 11.6 Å². The molecule has 2 unspecified atom stereocenters. The Kier molecular flexibility index (Phi) is 4.65. The number of ether oxygens (including phenoxy) is 1. The third kappa shape index (κ3) is 3.46. The Morgan fingerprint density at radius 3 is 3.00 bits per heavy atom. The standard InChI is InChI=1S/C13H15BrClNO2/c1-8-6-10(4-5-18-8)16-13(17)9-2-3-12(15)11(14)7-9/h2-3,7-8,10H,4-6H2,1H3,(H,16,17). The average molecular weight is 333 g/mol. The van der Waals surface area contributed by atoms with Gasteiger partial charge in [0.15, 0.2) is 0 Å². The topological polar surface area (TPSA) is 38.3 Å². The van der Waals surface area contributed by atoms with Gasteiger partial charge >= 0.3 is 0 Å². The van der Waals surface area contributed by atoms with Crippen LogP contribution >= 0.6 is 27.5 Å². The van der Waals surface area contributed by atoms with Gasteiger partial charge < -0.3 is 10.1 Å². The first-order chi connectivity index (χ1) is 8.56. The Morgan fingerprint density at radius 2 is 2.33 bits per heavy atom. The summed E-state index contributed by atoms with van der Waals surface area (Å²) in [6, 6.07) is 5.37. The van der Waals surface area contributed by atoms with Crippen molar-refractivity contribution in [1.82, 2.24) is 5.32 Å². The lowest BCUT2D eigenvalue weighted by molar-refractivity contribution is 0.0136. The number of hydrogen-bond acceptors (Lipinski definition) is 2. The zero-order chi connectivity index (χ0) is 13.1. The predicted octanol–water partition coefficient (Wildman–Crippen LogP) is 3.40.